The highest BCUT2D eigenvalue weighted by molar-refractivity contribution is 5.90. The fraction of sp³-hybridized carbons (Fsp3) is 0.100. The molecule has 0 saturated heterocycles. The lowest BCUT2D eigenvalue weighted by Gasteiger charge is -2.15. The molecule has 2 nitrogen and oxygen atoms in total. The summed E-state index contributed by atoms with van der Waals surface area (Å²) >= 11 is 0. The molecule has 0 amide bonds. The summed E-state index contributed by atoms with van der Waals surface area (Å²) in [5.74, 6) is 1.30. The number of aromatic nitrogens is 1. The van der Waals surface area contributed by atoms with Crippen molar-refractivity contribution in [2.75, 3.05) is 18.5 Å². The lowest BCUT2D eigenvalue weighted by Crippen LogP contribution is -2.32. The van der Waals surface area contributed by atoms with E-state index in [1.165, 1.54) is 50.1 Å². The van der Waals surface area contributed by atoms with E-state index >= 15 is 0 Å². The molecule has 0 aliphatic carbocycles. The molecular formula is C30H25N2+. The van der Waals surface area contributed by atoms with Crippen molar-refractivity contribution in [2.45, 2.75) is 6.54 Å². The number of benzene rings is 4. The first-order chi connectivity index (χ1) is 15.8. The number of fused-ring (bicyclic) bond motifs is 3. The fourth-order valence-electron chi connectivity index (χ4n) is 4.92. The van der Waals surface area contributed by atoms with Gasteiger partial charge in [-0.25, -0.2) is 4.57 Å². The van der Waals surface area contributed by atoms with Gasteiger partial charge in [-0.2, -0.15) is 0 Å². The molecule has 6 rings (SSSR count). The standard InChI is InChI=1S/C30H25N2/c1-31-16-17-32-29-15-9-8-14-24(29)21-28(30(31)32)27-19-25(22-10-4-2-5-11-22)18-26(20-27)23-12-6-3-7-13-23/h2-15,18-21H,16-17H2,1H3/q+1. The Kier molecular flexibility index (Phi) is 4.50. The first kappa shape index (κ1) is 18.8. The maximum atomic E-state index is 2.47. The van der Waals surface area contributed by atoms with Crippen molar-refractivity contribution in [3.05, 3.63) is 109 Å². The average Bonchev–Trinajstić information content (AvgIpc) is 3.26. The van der Waals surface area contributed by atoms with Gasteiger partial charge in [0.25, 0.3) is 5.82 Å². The number of pyridine rings is 1. The van der Waals surface area contributed by atoms with E-state index in [0.29, 0.717) is 0 Å². The lowest BCUT2D eigenvalue weighted by atomic mass is 9.93. The zero-order valence-corrected chi connectivity index (χ0v) is 18.2. The highest BCUT2D eigenvalue weighted by atomic mass is 15.3. The van der Waals surface area contributed by atoms with Crippen LogP contribution in [0.25, 0.3) is 44.3 Å². The predicted octanol–water partition coefficient (Wildman–Crippen LogP) is 6.58. The second-order valence-corrected chi connectivity index (χ2v) is 8.54. The van der Waals surface area contributed by atoms with Gasteiger partial charge in [0.2, 0.25) is 0 Å². The Balaban J connectivity index is 1.64. The van der Waals surface area contributed by atoms with Crippen LogP contribution in [0.2, 0.25) is 0 Å². The van der Waals surface area contributed by atoms with Gasteiger partial charge in [0.05, 0.1) is 12.6 Å². The number of nitrogens with zero attached hydrogens (tertiary/aromatic N) is 2. The molecule has 0 unspecified atom stereocenters. The number of para-hydroxylation sites is 1. The van der Waals surface area contributed by atoms with Gasteiger partial charge in [-0.05, 0) is 58.1 Å². The van der Waals surface area contributed by atoms with Gasteiger partial charge < -0.3 is 0 Å². The third-order valence-corrected chi connectivity index (χ3v) is 6.50. The smallest absolute Gasteiger partial charge is 0.260 e. The van der Waals surface area contributed by atoms with E-state index in [9.17, 15) is 0 Å². The molecule has 0 N–H and O–H groups in total. The Bertz CT molecular complexity index is 1360. The second-order valence-electron chi connectivity index (χ2n) is 8.54. The van der Waals surface area contributed by atoms with Crippen molar-refractivity contribution in [3.63, 3.8) is 0 Å². The van der Waals surface area contributed by atoms with Crippen molar-refractivity contribution in [3.8, 4) is 33.4 Å². The molecule has 0 radical (unpaired) electrons. The van der Waals surface area contributed by atoms with Crippen LogP contribution in [0, 0.1) is 0 Å². The molecule has 32 heavy (non-hydrogen) atoms. The topological polar surface area (TPSA) is 7.12 Å². The first-order valence-electron chi connectivity index (χ1n) is 11.2. The molecular weight excluding hydrogens is 388 g/mol. The van der Waals surface area contributed by atoms with Crippen LogP contribution in [-0.4, -0.2) is 13.6 Å². The monoisotopic (exact) mass is 413 g/mol. The molecule has 5 aromatic rings. The third-order valence-electron chi connectivity index (χ3n) is 6.50. The van der Waals surface area contributed by atoms with E-state index in [1.807, 2.05) is 0 Å². The van der Waals surface area contributed by atoms with E-state index < -0.39 is 0 Å². The van der Waals surface area contributed by atoms with Gasteiger partial charge in [0, 0.05) is 5.39 Å². The van der Waals surface area contributed by atoms with Gasteiger partial charge in [0.1, 0.15) is 18.6 Å². The summed E-state index contributed by atoms with van der Waals surface area (Å²) in [5, 5.41) is 1.29. The highest BCUT2D eigenvalue weighted by Gasteiger charge is 2.30. The quantitative estimate of drug-likeness (QED) is 0.303. The van der Waals surface area contributed by atoms with Gasteiger partial charge in [-0.3, -0.25) is 4.90 Å². The first-order valence-corrected chi connectivity index (χ1v) is 11.2. The minimum absolute atomic E-state index is 1.02. The highest BCUT2D eigenvalue weighted by Crippen LogP contribution is 2.38. The summed E-state index contributed by atoms with van der Waals surface area (Å²) in [4.78, 5) is 2.39. The summed E-state index contributed by atoms with van der Waals surface area (Å²) in [6.45, 7) is 2.05. The van der Waals surface area contributed by atoms with Crippen LogP contribution < -0.4 is 9.47 Å². The van der Waals surface area contributed by atoms with Gasteiger partial charge in [-0.1, -0.05) is 78.9 Å². The Morgan fingerprint density at radius 3 is 1.81 bits per heavy atom. The number of likely N-dealkylation sites (N-methyl/N-ethyl adjacent to an activating group) is 1. The maximum Gasteiger partial charge on any atom is 0.285 e. The van der Waals surface area contributed by atoms with Crippen LogP contribution in [0.15, 0.2) is 109 Å². The number of hydrogen-bond acceptors (Lipinski definition) is 1. The van der Waals surface area contributed by atoms with Crippen molar-refractivity contribution in [1.82, 2.24) is 0 Å². The van der Waals surface area contributed by atoms with Crippen LogP contribution in [0.4, 0.5) is 5.82 Å². The normalized spacial score (nSPS) is 12.8. The van der Waals surface area contributed by atoms with Crippen LogP contribution in [0.1, 0.15) is 0 Å². The molecule has 0 bridgehead atoms. The fourth-order valence-corrected chi connectivity index (χ4v) is 4.92. The number of rotatable bonds is 3. The molecule has 0 fully saturated rings. The summed E-state index contributed by atoms with van der Waals surface area (Å²) in [5.41, 5.74) is 8.82. The summed E-state index contributed by atoms with van der Waals surface area (Å²) in [7, 11) is 2.20. The summed E-state index contributed by atoms with van der Waals surface area (Å²) < 4.78 is 2.47. The van der Waals surface area contributed by atoms with E-state index in [0.717, 1.165) is 13.1 Å². The Morgan fingerprint density at radius 2 is 1.16 bits per heavy atom. The van der Waals surface area contributed by atoms with Crippen molar-refractivity contribution < 1.29 is 4.57 Å². The van der Waals surface area contributed by atoms with Crippen LogP contribution in [0.5, 0.6) is 0 Å². The molecule has 4 aromatic carbocycles. The van der Waals surface area contributed by atoms with Crippen LogP contribution >= 0.6 is 0 Å². The minimum atomic E-state index is 1.02. The van der Waals surface area contributed by atoms with E-state index in [4.69, 9.17) is 0 Å². The Hall–Kier alpha value is -3.91. The lowest BCUT2D eigenvalue weighted by molar-refractivity contribution is -0.644. The molecule has 154 valence electrons. The average molecular weight is 414 g/mol. The summed E-state index contributed by atoms with van der Waals surface area (Å²) in [6.07, 6.45) is 0. The second kappa shape index (κ2) is 7.65. The largest absolute Gasteiger partial charge is 0.285 e. The van der Waals surface area contributed by atoms with Gasteiger partial charge in [0.15, 0.2) is 0 Å². The third kappa shape index (κ3) is 3.16. The molecule has 2 heteroatoms. The molecule has 0 atom stereocenters. The predicted molar refractivity (Wildman–Crippen MR) is 134 cm³/mol. The summed E-state index contributed by atoms with van der Waals surface area (Å²) in [6, 6.07) is 39.5. The number of hydrogen-bond donors (Lipinski definition) is 0. The van der Waals surface area contributed by atoms with Gasteiger partial charge >= 0.3 is 0 Å². The zero-order valence-electron chi connectivity index (χ0n) is 18.2. The van der Waals surface area contributed by atoms with E-state index in [-0.39, 0.29) is 0 Å². The minimum Gasteiger partial charge on any atom is -0.260 e. The molecule has 0 spiro atoms. The molecule has 1 aromatic heterocycles. The molecule has 1 aliphatic heterocycles. The molecule has 2 heterocycles. The Labute approximate surface area is 189 Å². The van der Waals surface area contributed by atoms with E-state index in [1.54, 1.807) is 0 Å². The maximum absolute atomic E-state index is 2.47. The Morgan fingerprint density at radius 1 is 0.594 bits per heavy atom. The van der Waals surface area contributed by atoms with E-state index in [2.05, 4.69) is 126 Å². The SMILES string of the molecule is CN1CC[n+]2c1c(-c1cc(-c3ccccc3)cc(-c3ccccc3)c1)cc1ccccc12. The number of anilines is 1. The van der Waals surface area contributed by atoms with Crippen molar-refractivity contribution in [2.24, 2.45) is 0 Å². The van der Waals surface area contributed by atoms with Crippen molar-refractivity contribution >= 4 is 16.7 Å². The molecule has 1 aliphatic rings. The van der Waals surface area contributed by atoms with Gasteiger partial charge in [-0.15, -0.1) is 0 Å². The zero-order chi connectivity index (χ0) is 21.5. The van der Waals surface area contributed by atoms with Crippen LogP contribution in [-0.2, 0) is 6.54 Å². The van der Waals surface area contributed by atoms with Crippen molar-refractivity contribution in [1.29, 1.82) is 0 Å². The molecule has 0 saturated carbocycles. The van der Waals surface area contributed by atoms with Crippen LogP contribution in [0.3, 0.4) is 0 Å².